The van der Waals surface area contributed by atoms with Gasteiger partial charge in [0.2, 0.25) is 0 Å². The highest BCUT2D eigenvalue weighted by molar-refractivity contribution is 6.39. The fourth-order valence-electron chi connectivity index (χ4n) is 2.88. The minimum Gasteiger partial charge on any atom is -0.494 e. The van der Waals surface area contributed by atoms with Gasteiger partial charge in [-0.25, -0.2) is 9.82 Å². The number of nitrogens with zero attached hydrogens (tertiary/aromatic N) is 1. The Labute approximate surface area is 206 Å². The fraction of sp³-hybridized carbons (Fsp3) is 0.160. The molecule has 3 aromatic rings. The van der Waals surface area contributed by atoms with Crippen LogP contribution in [0, 0.1) is 5.82 Å². The van der Waals surface area contributed by atoms with E-state index >= 15 is 0 Å². The monoisotopic (exact) mass is 499 g/mol. The van der Waals surface area contributed by atoms with Gasteiger partial charge in [0.05, 0.1) is 25.0 Å². The van der Waals surface area contributed by atoms with Gasteiger partial charge in [0.15, 0.2) is 11.5 Å². The van der Waals surface area contributed by atoms with Gasteiger partial charge in [-0.15, -0.1) is 0 Å². The lowest BCUT2D eigenvalue weighted by Gasteiger charge is -2.12. The van der Waals surface area contributed by atoms with Gasteiger partial charge in [-0.2, -0.15) is 5.10 Å². The number of ether oxygens (including phenoxy) is 3. The number of hydrogen-bond acceptors (Lipinski definition) is 6. The van der Waals surface area contributed by atoms with Crippen LogP contribution in [0.25, 0.3) is 0 Å². The zero-order chi connectivity index (χ0) is 25.2. The molecule has 0 fully saturated rings. The Hall–Kier alpha value is -4.11. The summed E-state index contributed by atoms with van der Waals surface area (Å²) in [7, 11) is 1.47. The van der Waals surface area contributed by atoms with Crippen LogP contribution in [-0.4, -0.2) is 31.7 Å². The Morgan fingerprint density at radius 3 is 2.46 bits per heavy atom. The summed E-state index contributed by atoms with van der Waals surface area (Å²) in [4.78, 5) is 24.1. The minimum atomic E-state index is -0.932. The van der Waals surface area contributed by atoms with Gasteiger partial charge in [-0.1, -0.05) is 17.7 Å². The topological polar surface area (TPSA) is 98.2 Å². The second kappa shape index (κ2) is 12.4. The number of hydrazone groups is 1. The van der Waals surface area contributed by atoms with Crippen LogP contribution < -0.4 is 25.0 Å². The lowest BCUT2D eigenvalue weighted by molar-refractivity contribution is -0.136. The van der Waals surface area contributed by atoms with E-state index in [9.17, 15) is 14.0 Å². The number of halogens is 2. The second-order valence-electron chi connectivity index (χ2n) is 7.05. The molecule has 3 rings (SSSR count). The van der Waals surface area contributed by atoms with Gasteiger partial charge in [-0.3, -0.25) is 9.59 Å². The SMILES string of the molecule is CCOc1ccc(NC(=O)C(=O)N/N=C/c2ccc(OCc3ccc(F)cc3Cl)c(OC)c2)cc1. The molecule has 0 aliphatic rings. The van der Waals surface area contributed by atoms with E-state index in [-0.39, 0.29) is 11.6 Å². The van der Waals surface area contributed by atoms with Crippen LogP contribution in [-0.2, 0) is 16.2 Å². The van der Waals surface area contributed by atoms with Gasteiger partial charge < -0.3 is 19.5 Å². The normalized spacial score (nSPS) is 10.6. The van der Waals surface area contributed by atoms with Crippen LogP contribution >= 0.6 is 11.6 Å². The highest BCUT2D eigenvalue weighted by Gasteiger charge is 2.13. The Balaban J connectivity index is 1.55. The summed E-state index contributed by atoms with van der Waals surface area (Å²) in [6.07, 6.45) is 1.35. The largest absolute Gasteiger partial charge is 0.494 e. The first-order chi connectivity index (χ1) is 16.9. The lowest BCUT2D eigenvalue weighted by atomic mass is 10.2. The number of benzene rings is 3. The molecule has 0 unspecified atom stereocenters. The third kappa shape index (κ3) is 7.44. The van der Waals surface area contributed by atoms with E-state index in [1.807, 2.05) is 6.92 Å². The molecule has 182 valence electrons. The summed E-state index contributed by atoms with van der Waals surface area (Å²) < 4.78 is 29.6. The molecule has 0 spiro atoms. The van der Waals surface area contributed by atoms with Crippen molar-refractivity contribution in [2.75, 3.05) is 19.0 Å². The van der Waals surface area contributed by atoms with Gasteiger partial charge in [-0.05, 0) is 67.1 Å². The zero-order valence-electron chi connectivity index (χ0n) is 19.0. The van der Waals surface area contributed by atoms with Crippen molar-refractivity contribution in [2.24, 2.45) is 5.10 Å². The van der Waals surface area contributed by atoms with E-state index in [0.717, 1.165) is 0 Å². The summed E-state index contributed by atoms with van der Waals surface area (Å²) in [5.41, 5.74) is 3.82. The molecule has 8 nitrogen and oxygen atoms in total. The first kappa shape index (κ1) is 25.5. The lowest BCUT2D eigenvalue weighted by Crippen LogP contribution is -2.32. The minimum absolute atomic E-state index is 0.114. The van der Waals surface area contributed by atoms with Crippen molar-refractivity contribution >= 4 is 35.3 Å². The van der Waals surface area contributed by atoms with Crippen LogP contribution in [0.2, 0.25) is 5.02 Å². The van der Waals surface area contributed by atoms with Crippen molar-refractivity contribution in [3.8, 4) is 17.2 Å². The van der Waals surface area contributed by atoms with Crippen LogP contribution in [0.4, 0.5) is 10.1 Å². The average Bonchev–Trinajstić information content (AvgIpc) is 2.85. The number of carbonyl (C=O) groups is 2. The van der Waals surface area contributed by atoms with Crippen molar-refractivity contribution < 1.29 is 28.2 Å². The maximum atomic E-state index is 13.2. The molecule has 35 heavy (non-hydrogen) atoms. The van der Waals surface area contributed by atoms with Crippen molar-refractivity contribution in [1.82, 2.24) is 5.43 Å². The molecule has 0 atom stereocenters. The highest BCUT2D eigenvalue weighted by atomic mass is 35.5. The Morgan fingerprint density at radius 2 is 1.77 bits per heavy atom. The van der Waals surface area contributed by atoms with Crippen LogP contribution in [0.3, 0.4) is 0 Å². The summed E-state index contributed by atoms with van der Waals surface area (Å²) in [5, 5.41) is 6.54. The second-order valence-corrected chi connectivity index (χ2v) is 7.45. The molecule has 0 saturated carbocycles. The Kier molecular flexibility index (Phi) is 9.02. The summed E-state index contributed by atoms with van der Waals surface area (Å²) in [6.45, 7) is 2.51. The maximum Gasteiger partial charge on any atom is 0.329 e. The molecular weight excluding hydrogens is 477 g/mol. The molecule has 2 amide bonds. The summed E-state index contributed by atoms with van der Waals surface area (Å²) >= 11 is 6.03. The van der Waals surface area contributed by atoms with E-state index < -0.39 is 17.6 Å². The first-order valence-corrected chi connectivity index (χ1v) is 10.9. The average molecular weight is 500 g/mol. The van der Waals surface area contributed by atoms with E-state index in [1.54, 1.807) is 48.5 Å². The number of carbonyl (C=O) groups excluding carboxylic acids is 2. The van der Waals surface area contributed by atoms with Gasteiger partial charge in [0.1, 0.15) is 18.2 Å². The molecule has 0 aromatic heterocycles. The van der Waals surface area contributed by atoms with Crippen LogP contribution in [0.15, 0.2) is 65.8 Å². The molecule has 0 aliphatic heterocycles. The predicted octanol–water partition coefficient (Wildman–Crippen LogP) is 4.55. The standard InChI is InChI=1S/C25H23ClFN3O5/c1-3-34-20-9-7-19(8-10-20)29-24(31)25(32)30-28-14-16-4-11-22(23(12-16)33-2)35-15-17-5-6-18(27)13-21(17)26/h4-14H,3,15H2,1-2H3,(H,29,31)(H,30,32)/b28-14+. The van der Waals surface area contributed by atoms with E-state index in [4.69, 9.17) is 25.8 Å². The van der Waals surface area contributed by atoms with E-state index in [0.29, 0.717) is 40.7 Å². The number of anilines is 1. The van der Waals surface area contributed by atoms with Crippen molar-refractivity contribution in [1.29, 1.82) is 0 Å². The van der Waals surface area contributed by atoms with Crippen molar-refractivity contribution in [3.05, 3.63) is 82.6 Å². The summed E-state index contributed by atoms with van der Waals surface area (Å²) in [6, 6.07) is 15.6. The molecular formula is C25H23ClFN3O5. The van der Waals surface area contributed by atoms with Crippen molar-refractivity contribution in [2.45, 2.75) is 13.5 Å². The van der Waals surface area contributed by atoms with E-state index in [2.05, 4.69) is 15.8 Å². The molecule has 0 saturated heterocycles. The molecule has 0 aliphatic carbocycles. The molecule has 3 aromatic carbocycles. The molecule has 0 bridgehead atoms. The van der Waals surface area contributed by atoms with E-state index in [1.165, 1.54) is 25.5 Å². The number of hydrogen-bond donors (Lipinski definition) is 2. The van der Waals surface area contributed by atoms with Crippen LogP contribution in [0.5, 0.6) is 17.2 Å². The Bertz CT molecular complexity index is 1220. The molecule has 0 radical (unpaired) electrons. The number of nitrogens with one attached hydrogen (secondary N) is 2. The molecule has 10 heteroatoms. The van der Waals surface area contributed by atoms with Gasteiger partial charge in [0, 0.05) is 11.3 Å². The quantitative estimate of drug-likeness (QED) is 0.255. The molecule has 0 heterocycles. The van der Waals surface area contributed by atoms with Crippen LogP contribution in [0.1, 0.15) is 18.1 Å². The van der Waals surface area contributed by atoms with Gasteiger partial charge in [0.25, 0.3) is 0 Å². The third-order valence-electron chi connectivity index (χ3n) is 4.60. The van der Waals surface area contributed by atoms with Crippen molar-refractivity contribution in [3.63, 3.8) is 0 Å². The third-order valence-corrected chi connectivity index (χ3v) is 4.95. The predicted molar refractivity (Wildman–Crippen MR) is 131 cm³/mol. The smallest absolute Gasteiger partial charge is 0.329 e. The maximum absolute atomic E-state index is 13.2. The fourth-order valence-corrected chi connectivity index (χ4v) is 3.10. The zero-order valence-corrected chi connectivity index (χ0v) is 19.8. The highest BCUT2D eigenvalue weighted by Crippen LogP contribution is 2.29. The first-order valence-electron chi connectivity index (χ1n) is 10.5. The number of rotatable bonds is 9. The molecule has 2 N–H and O–H groups in total. The Morgan fingerprint density at radius 1 is 1.00 bits per heavy atom. The summed E-state index contributed by atoms with van der Waals surface area (Å²) in [5.74, 6) is -0.729. The number of amides is 2. The van der Waals surface area contributed by atoms with Gasteiger partial charge >= 0.3 is 11.8 Å². The number of methoxy groups -OCH3 is 1.